The Labute approximate surface area is 151 Å². The summed E-state index contributed by atoms with van der Waals surface area (Å²) < 4.78 is 16.0. The molecule has 0 bridgehead atoms. The van der Waals surface area contributed by atoms with Crippen molar-refractivity contribution < 1.29 is 23.8 Å². The highest BCUT2D eigenvalue weighted by molar-refractivity contribution is 5.97. The number of allylic oxidation sites excluding steroid dienone is 3. The molecule has 0 aromatic rings. The lowest BCUT2D eigenvalue weighted by molar-refractivity contribution is -0.156. The maximum Gasteiger partial charge on any atom is 0.316 e. The maximum absolute atomic E-state index is 11.6. The van der Waals surface area contributed by atoms with Crippen LogP contribution in [0.4, 0.5) is 0 Å². The van der Waals surface area contributed by atoms with E-state index < -0.39 is 11.9 Å². The van der Waals surface area contributed by atoms with Crippen molar-refractivity contribution in [2.45, 2.75) is 65.6 Å². The molecule has 0 saturated carbocycles. The minimum atomic E-state index is -0.693. The summed E-state index contributed by atoms with van der Waals surface area (Å²) in [5.41, 5.74) is 2.36. The minimum absolute atomic E-state index is 0.0550. The predicted molar refractivity (Wildman–Crippen MR) is 97.1 cm³/mol. The van der Waals surface area contributed by atoms with Crippen LogP contribution in [0.3, 0.4) is 0 Å². The van der Waals surface area contributed by atoms with Gasteiger partial charge in [0.25, 0.3) is 0 Å². The van der Waals surface area contributed by atoms with Crippen LogP contribution in [0.5, 0.6) is 0 Å². The van der Waals surface area contributed by atoms with Crippen molar-refractivity contribution in [2.24, 2.45) is 5.92 Å². The smallest absolute Gasteiger partial charge is 0.316 e. The van der Waals surface area contributed by atoms with Gasteiger partial charge in [-0.05, 0) is 59.3 Å². The zero-order valence-electron chi connectivity index (χ0n) is 16.0. The largest absolute Gasteiger partial charge is 0.468 e. The fourth-order valence-corrected chi connectivity index (χ4v) is 2.66. The Bertz CT molecular complexity index is 486. The molecule has 5 nitrogen and oxygen atoms in total. The molecule has 1 fully saturated rings. The Morgan fingerprint density at radius 2 is 1.92 bits per heavy atom. The van der Waals surface area contributed by atoms with Crippen molar-refractivity contribution in [1.29, 1.82) is 0 Å². The summed E-state index contributed by atoms with van der Waals surface area (Å²) >= 11 is 0. The van der Waals surface area contributed by atoms with Crippen LogP contribution >= 0.6 is 0 Å². The summed E-state index contributed by atoms with van der Waals surface area (Å²) in [6, 6.07) is 0. The third-order valence-electron chi connectivity index (χ3n) is 4.34. The van der Waals surface area contributed by atoms with Gasteiger partial charge in [0.2, 0.25) is 0 Å². The second kappa shape index (κ2) is 12.0. The number of ketones is 1. The molecule has 0 radical (unpaired) electrons. The molecule has 1 saturated heterocycles. The summed E-state index contributed by atoms with van der Waals surface area (Å²) in [4.78, 5) is 23.1. The zero-order valence-corrected chi connectivity index (χ0v) is 16.0. The second-order valence-electron chi connectivity index (χ2n) is 6.67. The Kier molecular flexibility index (Phi) is 10.3. The molecule has 0 aromatic heterocycles. The van der Waals surface area contributed by atoms with Gasteiger partial charge in [-0.2, -0.15) is 0 Å². The Morgan fingerprint density at radius 3 is 2.52 bits per heavy atom. The molecule has 142 valence electrons. The Hall–Kier alpha value is -1.46. The summed E-state index contributed by atoms with van der Waals surface area (Å²) in [6.07, 6.45) is 9.55. The third-order valence-corrected chi connectivity index (χ3v) is 4.34. The topological polar surface area (TPSA) is 61.8 Å². The average Bonchev–Trinajstić information content (AvgIpc) is 2.60. The van der Waals surface area contributed by atoms with E-state index in [9.17, 15) is 9.59 Å². The fraction of sp³-hybridized carbons (Fsp3) is 0.700. The number of carbonyl (C=O) groups excluding carboxylic acids is 2. The van der Waals surface area contributed by atoms with Crippen LogP contribution in [0.15, 0.2) is 23.3 Å². The zero-order chi connectivity index (χ0) is 18.7. The van der Waals surface area contributed by atoms with Crippen LogP contribution in [0, 0.1) is 5.92 Å². The molecule has 1 aliphatic rings. The first-order valence-electron chi connectivity index (χ1n) is 9.06. The van der Waals surface area contributed by atoms with E-state index >= 15 is 0 Å². The molecular formula is C20H32O5. The lowest BCUT2D eigenvalue weighted by Crippen LogP contribution is -2.22. The van der Waals surface area contributed by atoms with E-state index in [2.05, 4.69) is 17.7 Å². The minimum Gasteiger partial charge on any atom is -0.468 e. The van der Waals surface area contributed by atoms with Crippen molar-refractivity contribution in [1.82, 2.24) is 0 Å². The highest BCUT2D eigenvalue weighted by Crippen LogP contribution is 2.16. The van der Waals surface area contributed by atoms with Crippen molar-refractivity contribution in [2.75, 3.05) is 20.3 Å². The fourth-order valence-electron chi connectivity index (χ4n) is 2.66. The molecule has 0 aromatic carbocycles. The van der Waals surface area contributed by atoms with Gasteiger partial charge >= 0.3 is 5.97 Å². The van der Waals surface area contributed by atoms with Crippen molar-refractivity contribution in [3.05, 3.63) is 23.3 Å². The highest BCUT2D eigenvalue weighted by atomic mass is 16.7. The van der Waals surface area contributed by atoms with E-state index in [-0.39, 0.29) is 12.1 Å². The van der Waals surface area contributed by atoms with Crippen molar-refractivity contribution >= 4 is 11.8 Å². The summed E-state index contributed by atoms with van der Waals surface area (Å²) in [5.74, 6) is -1.32. The number of hydrogen-bond acceptors (Lipinski definition) is 5. The molecule has 2 unspecified atom stereocenters. The second-order valence-corrected chi connectivity index (χ2v) is 6.67. The molecule has 0 spiro atoms. The number of methoxy groups -OCH3 is 1. The predicted octanol–water partition coefficient (Wildman–Crippen LogP) is 3.97. The molecule has 1 heterocycles. The highest BCUT2D eigenvalue weighted by Gasteiger charge is 2.22. The van der Waals surface area contributed by atoms with Gasteiger partial charge in [0.1, 0.15) is 11.7 Å². The lowest BCUT2D eigenvalue weighted by atomic mass is 9.99. The van der Waals surface area contributed by atoms with E-state index in [0.29, 0.717) is 13.0 Å². The SMILES string of the molecule is COC(=O)C(CC=C(C)CCC=C(C)COC1CCCCO1)C(C)=O. The molecule has 5 heteroatoms. The van der Waals surface area contributed by atoms with Gasteiger partial charge in [-0.25, -0.2) is 0 Å². The number of ether oxygens (including phenoxy) is 3. The van der Waals surface area contributed by atoms with Crippen LogP contribution in [0.1, 0.15) is 59.3 Å². The third kappa shape index (κ3) is 8.98. The number of esters is 1. The number of hydrogen-bond donors (Lipinski definition) is 0. The van der Waals surface area contributed by atoms with Gasteiger partial charge in [-0.15, -0.1) is 0 Å². The van der Waals surface area contributed by atoms with E-state index in [1.165, 1.54) is 26.0 Å². The standard InChI is InChI=1S/C20H32O5/c1-15(11-12-18(17(3)21)20(22)23-4)8-7-9-16(2)14-25-19-10-5-6-13-24-19/h9,11,18-19H,5-8,10,12-14H2,1-4H3. The van der Waals surface area contributed by atoms with Gasteiger partial charge < -0.3 is 14.2 Å². The molecule has 25 heavy (non-hydrogen) atoms. The monoisotopic (exact) mass is 352 g/mol. The molecule has 0 amide bonds. The van der Waals surface area contributed by atoms with Crippen LogP contribution in [0.25, 0.3) is 0 Å². The molecule has 1 aliphatic heterocycles. The normalized spacial score (nSPS) is 20.2. The number of rotatable bonds is 10. The van der Waals surface area contributed by atoms with Gasteiger partial charge in [-0.1, -0.05) is 23.3 Å². The molecular weight excluding hydrogens is 320 g/mol. The maximum atomic E-state index is 11.6. The number of carbonyl (C=O) groups is 2. The molecule has 2 atom stereocenters. The Balaban J connectivity index is 2.32. The van der Waals surface area contributed by atoms with Crippen LogP contribution in [-0.2, 0) is 23.8 Å². The van der Waals surface area contributed by atoms with Crippen LogP contribution in [-0.4, -0.2) is 38.4 Å². The summed E-state index contributed by atoms with van der Waals surface area (Å²) in [6.45, 7) is 6.90. The molecule has 0 aliphatic carbocycles. The van der Waals surface area contributed by atoms with Crippen molar-refractivity contribution in [3.8, 4) is 0 Å². The van der Waals surface area contributed by atoms with Gasteiger partial charge in [-0.3, -0.25) is 9.59 Å². The molecule has 1 rings (SSSR count). The van der Waals surface area contributed by atoms with E-state index in [4.69, 9.17) is 9.47 Å². The van der Waals surface area contributed by atoms with Crippen LogP contribution < -0.4 is 0 Å². The quantitative estimate of drug-likeness (QED) is 0.338. The first-order chi connectivity index (χ1) is 11.9. The first-order valence-corrected chi connectivity index (χ1v) is 9.06. The molecule has 0 N–H and O–H groups in total. The average molecular weight is 352 g/mol. The van der Waals surface area contributed by atoms with E-state index in [1.54, 1.807) is 0 Å². The van der Waals surface area contributed by atoms with Gasteiger partial charge in [0.15, 0.2) is 6.29 Å². The lowest BCUT2D eigenvalue weighted by Gasteiger charge is -2.22. The van der Waals surface area contributed by atoms with Crippen molar-refractivity contribution in [3.63, 3.8) is 0 Å². The summed E-state index contributed by atoms with van der Waals surface area (Å²) in [5, 5.41) is 0. The van der Waals surface area contributed by atoms with Crippen LogP contribution in [0.2, 0.25) is 0 Å². The van der Waals surface area contributed by atoms with Gasteiger partial charge in [0.05, 0.1) is 13.7 Å². The van der Waals surface area contributed by atoms with E-state index in [0.717, 1.165) is 37.9 Å². The number of Topliss-reactive ketones (excluding diaryl/α,β-unsaturated/α-hetero) is 1. The summed E-state index contributed by atoms with van der Waals surface area (Å²) in [7, 11) is 1.31. The van der Waals surface area contributed by atoms with E-state index in [1.807, 2.05) is 13.0 Å². The Morgan fingerprint density at radius 1 is 1.16 bits per heavy atom. The first kappa shape index (κ1) is 21.6. The van der Waals surface area contributed by atoms with Gasteiger partial charge in [0, 0.05) is 6.61 Å².